The van der Waals surface area contributed by atoms with E-state index in [-0.39, 0.29) is 12.2 Å². The molecule has 0 aromatic carbocycles. The van der Waals surface area contributed by atoms with E-state index in [0.29, 0.717) is 0 Å². The molecule has 1 saturated heterocycles. The fourth-order valence-electron chi connectivity index (χ4n) is 5.42. The van der Waals surface area contributed by atoms with Gasteiger partial charge in [0.15, 0.2) is 0 Å². The molecule has 1 fully saturated rings. The molecule has 3 heteroatoms. The third kappa shape index (κ3) is 24.8. The van der Waals surface area contributed by atoms with Crippen molar-refractivity contribution in [2.45, 2.75) is 180 Å². The molecule has 1 N–H and O–H groups in total. The Bertz CT molecular complexity index is 486. The lowest BCUT2D eigenvalue weighted by atomic mass is 10.1. The van der Waals surface area contributed by atoms with Crippen LogP contribution in [0.1, 0.15) is 168 Å². The highest BCUT2D eigenvalue weighted by Crippen LogP contribution is 2.14. The van der Waals surface area contributed by atoms with E-state index in [4.69, 9.17) is 9.47 Å². The summed E-state index contributed by atoms with van der Waals surface area (Å²) >= 11 is 0. The first-order valence-corrected chi connectivity index (χ1v) is 17.6. The molecule has 3 nitrogen and oxygen atoms in total. The summed E-state index contributed by atoms with van der Waals surface area (Å²) in [4.78, 5) is 0. The SMILES string of the molecule is CCCCCCC=CCCCCCCCCO[C@@H]1CNC[C@H]1OCCCCCCCCC=CCCCCCC. The molecule has 0 bridgehead atoms. The lowest BCUT2D eigenvalue weighted by Gasteiger charge is -2.20. The van der Waals surface area contributed by atoms with Gasteiger partial charge in [0.2, 0.25) is 0 Å². The smallest absolute Gasteiger partial charge is 0.0973 e. The number of rotatable bonds is 30. The van der Waals surface area contributed by atoms with Gasteiger partial charge in [-0.05, 0) is 64.2 Å². The van der Waals surface area contributed by atoms with Crippen molar-refractivity contribution in [2.24, 2.45) is 0 Å². The Labute approximate surface area is 245 Å². The van der Waals surface area contributed by atoms with Crippen LogP contribution in [0.25, 0.3) is 0 Å². The Kier molecular flexibility index (Phi) is 28.3. The fraction of sp³-hybridized carbons (Fsp3) is 0.889. The first-order valence-electron chi connectivity index (χ1n) is 17.6. The zero-order valence-electron chi connectivity index (χ0n) is 26.6. The van der Waals surface area contributed by atoms with Crippen molar-refractivity contribution in [3.63, 3.8) is 0 Å². The summed E-state index contributed by atoms with van der Waals surface area (Å²) in [6.45, 7) is 8.24. The van der Waals surface area contributed by atoms with E-state index < -0.39 is 0 Å². The Morgan fingerprint density at radius 2 is 0.744 bits per heavy atom. The average molecular weight is 548 g/mol. The summed E-state index contributed by atoms with van der Waals surface area (Å²) in [5, 5.41) is 3.47. The third-order valence-corrected chi connectivity index (χ3v) is 8.08. The van der Waals surface area contributed by atoms with Gasteiger partial charge < -0.3 is 14.8 Å². The highest BCUT2D eigenvalue weighted by atomic mass is 16.5. The van der Waals surface area contributed by atoms with Crippen LogP contribution in [0.15, 0.2) is 24.3 Å². The molecule has 39 heavy (non-hydrogen) atoms. The Morgan fingerprint density at radius 3 is 1.10 bits per heavy atom. The average Bonchev–Trinajstić information content (AvgIpc) is 3.40. The van der Waals surface area contributed by atoms with Crippen molar-refractivity contribution in [1.82, 2.24) is 5.32 Å². The van der Waals surface area contributed by atoms with Crippen LogP contribution >= 0.6 is 0 Å². The van der Waals surface area contributed by atoms with E-state index in [1.807, 2.05) is 0 Å². The van der Waals surface area contributed by atoms with Gasteiger partial charge in [0.25, 0.3) is 0 Å². The van der Waals surface area contributed by atoms with Crippen molar-refractivity contribution >= 4 is 0 Å². The molecule has 230 valence electrons. The van der Waals surface area contributed by atoms with Crippen molar-refractivity contribution in [3.05, 3.63) is 24.3 Å². The molecule has 1 rings (SSSR count). The van der Waals surface area contributed by atoms with Crippen molar-refractivity contribution in [3.8, 4) is 0 Å². The summed E-state index contributed by atoms with van der Waals surface area (Å²) < 4.78 is 12.4. The molecule has 0 amide bonds. The quantitative estimate of drug-likeness (QED) is 0.0716. The second-order valence-electron chi connectivity index (χ2n) is 11.9. The lowest BCUT2D eigenvalue weighted by Crippen LogP contribution is -2.30. The van der Waals surface area contributed by atoms with Gasteiger partial charge in [-0.3, -0.25) is 0 Å². The van der Waals surface area contributed by atoms with Crippen LogP contribution in [0, 0.1) is 0 Å². The van der Waals surface area contributed by atoms with Crippen LogP contribution in [-0.4, -0.2) is 38.5 Å². The maximum absolute atomic E-state index is 6.20. The molecular formula is C36H69NO2. The van der Waals surface area contributed by atoms with Crippen molar-refractivity contribution in [1.29, 1.82) is 0 Å². The van der Waals surface area contributed by atoms with E-state index in [2.05, 4.69) is 43.5 Å². The van der Waals surface area contributed by atoms with Crippen molar-refractivity contribution in [2.75, 3.05) is 26.3 Å². The minimum atomic E-state index is 0.249. The van der Waals surface area contributed by atoms with Crippen LogP contribution in [0.3, 0.4) is 0 Å². The zero-order chi connectivity index (χ0) is 27.9. The van der Waals surface area contributed by atoms with Gasteiger partial charge in [0.1, 0.15) is 0 Å². The molecule has 0 spiro atoms. The largest absolute Gasteiger partial charge is 0.374 e. The molecule has 1 aliphatic rings. The van der Waals surface area contributed by atoms with E-state index in [1.54, 1.807) is 0 Å². The molecule has 1 heterocycles. The highest BCUT2D eigenvalue weighted by Gasteiger charge is 2.28. The standard InChI is InChI=1S/C36H69NO2/c1-3-5-7-9-11-13-15-17-19-21-23-25-27-29-31-38-35-33-37-34-36(35)39-32-30-28-26-24-22-20-18-16-14-12-10-8-6-4-2/h13-16,35-37H,3-12,17-34H2,1-2H3/t35-,36-/m1/s1. The number of unbranched alkanes of at least 4 members (excludes halogenated alkanes) is 20. The van der Waals surface area contributed by atoms with Crippen molar-refractivity contribution < 1.29 is 9.47 Å². The van der Waals surface area contributed by atoms with E-state index in [0.717, 1.165) is 26.3 Å². The lowest BCUT2D eigenvalue weighted by molar-refractivity contribution is -0.0481. The van der Waals surface area contributed by atoms with E-state index in [9.17, 15) is 0 Å². The molecule has 1 aliphatic heterocycles. The summed E-state index contributed by atoms with van der Waals surface area (Å²) in [5.41, 5.74) is 0. The molecule has 0 aromatic rings. The molecule has 2 atom stereocenters. The highest BCUT2D eigenvalue weighted by molar-refractivity contribution is 4.83. The van der Waals surface area contributed by atoms with Gasteiger partial charge in [-0.25, -0.2) is 0 Å². The Hall–Kier alpha value is -0.640. The van der Waals surface area contributed by atoms with Gasteiger partial charge in [-0.15, -0.1) is 0 Å². The zero-order valence-corrected chi connectivity index (χ0v) is 26.6. The molecule has 0 saturated carbocycles. The van der Waals surface area contributed by atoms with Gasteiger partial charge >= 0.3 is 0 Å². The maximum Gasteiger partial charge on any atom is 0.0973 e. The number of ether oxygens (including phenoxy) is 2. The maximum atomic E-state index is 6.20. The summed E-state index contributed by atoms with van der Waals surface area (Å²) in [6.07, 6.45) is 42.1. The van der Waals surface area contributed by atoms with Gasteiger partial charge in [0, 0.05) is 26.3 Å². The summed E-state index contributed by atoms with van der Waals surface area (Å²) in [7, 11) is 0. The number of allylic oxidation sites excluding steroid dienone is 4. The Balaban J connectivity index is 1.84. The van der Waals surface area contributed by atoms with Crippen LogP contribution in [0.5, 0.6) is 0 Å². The van der Waals surface area contributed by atoms with Crippen LogP contribution in [-0.2, 0) is 9.47 Å². The minimum absolute atomic E-state index is 0.249. The first-order chi connectivity index (χ1) is 19.4. The monoisotopic (exact) mass is 548 g/mol. The third-order valence-electron chi connectivity index (χ3n) is 8.08. The molecule has 0 unspecified atom stereocenters. The number of hydrogen-bond acceptors (Lipinski definition) is 3. The molecule has 0 radical (unpaired) electrons. The minimum Gasteiger partial charge on any atom is -0.374 e. The molecule has 0 aliphatic carbocycles. The first kappa shape index (κ1) is 36.4. The fourth-order valence-corrected chi connectivity index (χ4v) is 5.42. The topological polar surface area (TPSA) is 30.5 Å². The number of nitrogens with one attached hydrogen (secondary N) is 1. The predicted octanol–water partition coefficient (Wildman–Crippen LogP) is 10.9. The molecular weight excluding hydrogens is 478 g/mol. The van der Waals surface area contributed by atoms with Crippen LogP contribution in [0.2, 0.25) is 0 Å². The predicted molar refractivity (Wildman–Crippen MR) is 173 cm³/mol. The van der Waals surface area contributed by atoms with Gasteiger partial charge in [-0.2, -0.15) is 0 Å². The van der Waals surface area contributed by atoms with Gasteiger partial charge in [0.05, 0.1) is 12.2 Å². The summed E-state index contributed by atoms with van der Waals surface area (Å²) in [5.74, 6) is 0. The summed E-state index contributed by atoms with van der Waals surface area (Å²) in [6, 6.07) is 0. The normalized spacial score (nSPS) is 17.8. The number of hydrogen-bond donors (Lipinski definition) is 1. The second kappa shape index (κ2) is 30.3. The van der Waals surface area contributed by atoms with Crippen LogP contribution < -0.4 is 5.32 Å². The second-order valence-corrected chi connectivity index (χ2v) is 11.9. The Morgan fingerprint density at radius 1 is 0.436 bits per heavy atom. The van der Waals surface area contributed by atoms with Gasteiger partial charge in [-0.1, -0.05) is 128 Å². The van der Waals surface area contributed by atoms with Crippen LogP contribution in [0.4, 0.5) is 0 Å². The van der Waals surface area contributed by atoms with E-state index >= 15 is 0 Å². The molecule has 0 aromatic heterocycles. The van der Waals surface area contributed by atoms with E-state index in [1.165, 1.54) is 154 Å².